The van der Waals surface area contributed by atoms with Gasteiger partial charge in [-0.2, -0.15) is 4.80 Å². The first kappa shape index (κ1) is 26.8. The fourth-order valence-electron chi connectivity index (χ4n) is 4.14. The van der Waals surface area contributed by atoms with E-state index in [1.165, 1.54) is 57.4 Å². The molecule has 0 spiro atoms. The number of rotatable bonds is 10. The quantitative estimate of drug-likeness (QED) is 0.267. The van der Waals surface area contributed by atoms with E-state index in [4.69, 9.17) is 0 Å². The Kier molecular flexibility index (Phi) is 8.31. The Labute approximate surface area is 232 Å². The summed E-state index contributed by atoms with van der Waals surface area (Å²) >= 11 is 1.44. The number of benzene rings is 3. The second-order valence-electron chi connectivity index (χ2n) is 8.93. The molecule has 0 bridgehead atoms. The monoisotopic (exact) mass is 558 g/mol. The lowest BCUT2D eigenvalue weighted by atomic mass is 10.0. The largest absolute Gasteiger partial charge is 0.350 e. The molecule has 11 heteroatoms. The van der Waals surface area contributed by atoms with Crippen LogP contribution >= 0.6 is 11.3 Å². The number of nitrogens with one attached hydrogen (secondary N) is 1. The molecule has 0 fully saturated rings. The Morgan fingerprint density at radius 2 is 1.57 bits per heavy atom. The third kappa shape index (κ3) is 6.62. The van der Waals surface area contributed by atoms with Gasteiger partial charge in [-0.25, -0.2) is 8.78 Å². The predicted octanol–water partition coefficient (Wildman–Crippen LogP) is 4.77. The van der Waals surface area contributed by atoms with Crippen LogP contribution in [0.5, 0.6) is 0 Å². The molecule has 1 atom stereocenters. The molecule has 0 aliphatic carbocycles. The van der Waals surface area contributed by atoms with E-state index in [1.807, 2.05) is 47.8 Å². The number of aromatic nitrogens is 4. The third-order valence-corrected chi connectivity index (χ3v) is 6.98. The lowest BCUT2D eigenvalue weighted by molar-refractivity contribution is -0.142. The molecule has 3 aromatic carbocycles. The molecular formula is C29H24F2N6O2S. The predicted molar refractivity (Wildman–Crippen MR) is 146 cm³/mol. The van der Waals surface area contributed by atoms with Crippen molar-refractivity contribution >= 4 is 23.2 Å². The van der Waals surface area contributed by atoms with Crippen LogP contribution in [0, 0.1) is 11.6 Å². The lowest BCUT2D eigenvalue weighted by Gasteiger charge is -2.31. The van der Waals surface area contributed by atoms with Crippen LogP contribution in [-0.4, -0.2) is 36.9 Å². The zero-order valence-corrected chi connectivity index (χ0v) is 22.0. The number of tetrazole rings is 1. The highest BCUT2D eigenvalue weighted by molar-refractivity contribution is 7.13. The molecule has 1 unspecified atom stereocenters. The van der Waals surface area contributed by atoms with Crippen LogP contribution in [0.1, 0.15) is 22.7 Å². The molecule has 2 aromatic heterocycles. The van der Waals surface area contributed by atoms with Crippen molar-refractivity contribution in [2.45, 2.75) is 25.7 Å². The number of carbonyl (C=O) groups is 2. The van der Waals surface area contributed by atoms with Crippen LogP contribution in [0.15, 0.2) is 96.4 Å². The molecule has 0 aliphatic rings. The van der Waals surface area contributed by atoms with Gasteiger partial charge in [0.05, 0.1) is 4.88 Å². The smallest absolute Gasteiger partial charge is 0.247 e. The van der Waals surface area contributed by atoms with Gasteiger partial charge in [-0.1, -0.05) is 60.7 Å². The van der Waals surface area contributed by atoms with Crippen LogP contribution in [0.25, 0.3) is 10.7 Å². The van der Waals surface area contributed by atoms with Gasteiger partial charge < -0.3 is 10.2 Å². The number of thiophene rings is 1. The zero-order valence-electron chi connectivity index (χ0n) is 21.2. The van der Waals surface area contributed by atoms with Crippen LogP contribution < -0.4 is 5.32 Å². The molecule has 0 saturated heterocycles. The Hall–Kier alpha value is -4.77. The summed E-state index contributed by atoms with van der Waals surface area (Å²) in [5.74, 6) is -1.47. The molecule has 40 heavy (non-hydrogen) atoms. The Morgan fingerprint density at radius 3 is 2.25 bits per heavy atom. The van der Waals surface area contributed by atoms with Crippen molar-refractivity contribution in [3.8, 4) is 10.7 Å². The summed E-state index contributed by atoms with van der Waals surface area (Å²) in [4.78, 5) is 30.8. The van der Waals surface area contributed by atoms with Crippen molar-refractivity contribution in [3.63, 3.8) is 0 Å². The highest BCUT2D eigenvalue weighted by Gasteiger charge is 2.32. The minimum atomic E-state index is -1.12. The van der Waals surface area contributed by atoms with E-state index in [0.29, 0.717) is 17.0 Å². The van der Waals surface area contributed by atoms with Gasteiger partial charge in [0.2, 0.25) is 17.6 Å². The van der Waals surface area contributed by atoms with Gasteiger partial charge in [0.25, 0.3) is 0 Å². The maximum absolute atomic E-state index is 13.8. The number of hydrogen-bond donors (Lipinski definition) is 1. The average Bonchev–Trinajstić information content (AvgIpc) is 3.67. The summed E-state index contributed by atoms with van der Waals surface area (Å²) in [6.45, 7) is -0.0969. The minimum absolute atomic E-state index is 0.0214. The molecule has 8 nitrogen and oxygen atoms in total. The first-order valence-corrected chi connectivity index (χ1v) is 13.3. The summed E-state index contributed by atoms with van der Waals surface area (Å²) in [5, 5.41) is 17.1. The molecule has 2 amide bonds. The van der Waals surface area contributed by atoms with E-state index in [9.17, 15) is 18.4 Å². The van der Waals surface area contributed by atoms with Crippen molar-refractivity contribution in [2.75, 3.05) is 0 Å². The molecule has 1 N–H and O–H groups in total. The van der Waals surface area contributed by atoms with Crippen LogP contribution in [0.4, 0.5) is 8.78 Å². The van der Waals surface area contributed by atoms with Gasteiger partial charge in [-0.15, -0.1) is 21.5 Å². The second kappa shape index (κ2) is 12.4. The molecule has 2 heterocycles. The van der Waals surface area contributed by atoms with E-state index >= 15 is 0 Å². The maximum atomic E-state index is 13.8. The molecule has 5 aromatic rings. The van der Waals surface area contributed by atoms with Crippen molar-refractivity contribution in [1.82, 2.24) is 30.4 Å². The number of amides is 2. The molecule has 5 rings (SSSR count). The van der Waals surface area contributed by atoms with E-state index in [2.05, 4.69) is 20.7 Å². The first-order valence-electron chi connectivity index (χ1n) is 12.4. The zero-order chi connectivity index (χ0) is 27.9. The fraction of sp³-hybridized carbons (Fsp3) is 0.138. The van der Waals surface area contributed by atoms with Crippen LogP contribution in [0.3, 0.4) is 0 Å². The van der Waals surface area contributed by atoms with E-state index in [-0.39, 0.29) is 19.6 Å². The Balaban J connectivity index is 1.47. The summed E-state index contributed by atoms with van der Waals surface area (Å²) < 4.78 is 27.5. The first-order chi connectivity index (χ1) is 19.5. The van der Waals surface area contributed by atoms with Gasteiger partial charge in [-0.3, -0.25) is 9.59 Å². The number of hydrogen-bond acceptors (Lipinski definition) is 6. The van der Waals surface area contributed by atoms with Crippen molar-refractivity contribution in [2.24, 2.45) is 0 Å². The van der Waals surface area contributed by atoms with Gasteiger partial charge >= 0.3 is 0 Å². The van der Waals surface area contributed by atoms with E-state index in [0.717, 1.165) is 10.4 Å². The second-order valence-corrected chi connectivity index (χ2v) is 9.87. The number of carbonyl (C=O) groups excluding carboxylic acids is 2. The maximum Gasteiger partial charge on any atom is 0.247 e. The normalized spacial score (nSPS) is 11.7. The van der Waals surface area contributed by atoms with E-state index in [1.54, 1.807) is 12.1 Å². The minimum Gasteiger partial charge on any atom is -0.350 e. The van der Waals surface area contributed by atoms with Gasteiger partial charge in [0.1, 0.15) is 24.2 Å². The molecule has 0 radical (unpaired) electrons. The van der Waals surface area contributed by atoms with Gasteiger partial charge in [0.15, 0.2) is 0 Å². The summed E-state index contributed by atoms with van der Waals surface area (Å²) in [5.41, 5.74) is 1.88. The van der Waals surface area contributed by atoms with Gasteiger partial charge in [0, 0.05) is 13.1 Å². The van der Waals surface area contributed by atoms with Crippen molar-refractivity contribution < 1.29 is 18.4 Å². The molecular weight excluding hydrogens is 534 g/mol. The molecule has 0 saturated carbocycles. The average molecular weight is 559 g/mol. The Bertz CT molecular complexity index is 1560. The summed E-state index contributed by atoms with van der Waals surface area (Å²) in [6.07, 6.45) is 0. The third-order valence-electron chi connectivity index (χ3n) is 6.11. The highest BCUT2D eigenvalue weighted by Crippen LogP contribution is 2.26. The molecule has 0 aliphatic heterocycles. The molecule has 202 valence electrons. The highest BCUT2D eigenvalue weighted by atomic mass is 32.1. The SMILES string of the molecule is O=C(NCc1ccccc1)C(c1ccc(F)cc1)N(Cc1ccc(F)cc1)C(=O)Cn1nnc(-c2cccs2)n1. The number of nitrogens with zero attached hydrogens (tertiary/aromatic N) is 5. The number of halogens is 2. The summed E-state index contributed by atoms with van der Waals surface area (Å²) in [7, 11) is 0. The van der Waals surface area contributed by atoms with E-state index < -0.39 is 29.5 Å². The lowest BCUT2D eigenvalue weighted by Crippen LogP contribution is -2.44. The topological polar surface area (TPSA) is 93.0 Å². The standard InChI is InChI=1S/C29H24F2N6O2S/c30-23-12-8-21(9-13-23)18-36(26(38)19-37-34-28(33-35-37)25-7-4-16-40-25)27(22-10-14-24(31)15-11-22)29(39)32-17-20-5-2-1-3-6-20/h1-16,27H,17-19H2,(H,32,39). The van der Waals surface area contributed by atoms with Crippen molar-refractivity contribution in [3.05, 3.63) is 125 Å². The fourth-order valence-corrected chi connectivity index (χ4v) is 4.78. The van der Waals surface area contributed by atoms with Crippen LogP contribution in [0.2, 0.25) is 0 Å². The van der Waals surface area contributed by atoms with Gasteiger partial charge in [-0.05, 0) is 57.6 Å². The van der Waals surface area contributed by atoms with Crippen LogP contribution in [-0.2, 0) is 29.2 Å². The summed E-state index contributed by atoms with van der Waals surface area (Å²) in [6, 6.07) is 23.0. The van der Waals surface area contributed by atoms with Crippen molar-refractivity contribution in [1.29, 1.82) is 0 Å². The Morgan fingerprint density at radius 1 is 0.875 bits per heavy atom.